The van der Waals surface area contributed by atoms with E-state index in [2.05, 4.69) is 4.98 Å². The molecule has 1 aromatic rings. The van der Waals surface area contributed by atoms with E-state index in [-0.39, 0.29) is 12.2 Å². The first-order chi connectivity index (χ1) is 9.52. The lowest BCUT2D eigenvalue weighted by atomic mass is 9.83. The molecule has 0 spiro atoms. The average molecular weight is 282 g/mol. The molecule has 110 valence electrons. The lowest BCUT2D eigenvalue weighted by Gasteiger charge is -2.18. The van der Waals surface area contributed by atoms with Gasteiger partial charge in [0.15, 0.2) is 0 Å². The highest BCUT2D eigenvalue weighted by Crippen LogP contribution is 2.18. The van der Waals surface area contributed by atoms with Gasteiger partial charge in [-0.15, -0.1) is 0 Å². The number of nitrogens with zero attached hydrogens (tertiary/aromatic N) is 1. The van der Waals surface area contributed by atoms with Crippen LogP contribution in [0.5, 0.6) is 0 Å². The molecule has 1 rings (SSSR count). The monoisotopic (exact) mass is 282 g/mol. The molecule has 0 aliphatic heterocycles. The molecule has 0 radical (unpaired) electrons. The Labute approximate surface area is 117 Å². The van der Waals surface area contributed by atoms with Crippen LogP contribution in [-0.2, 0) is 9.59 Å². The number of nitrogens with two attached hydrogens (primary N) is 1. The lowest BCUT2D eigenvalue weighted by Crippen LogP contribution is -2.28. The van der Waals surface area contributed by atoms with E-state index in [1.165, 1.54) is 0 Å². The lowest BCUT2D eigenvalue weighted by molar-refractivity contribution is -0.191. The highest BCUT2D eigenvalue weighted by atomic mass is 16.4. The van der Waals surface area contributed by atoms with Crippen molar-refractivity contribution in [2.75, 3.05) is 0 Å². The van der Waals surface area contributed by atoms with Crippen LogP contribution in [0.4, 0.5) is 0 Å². The summed E-state index contributed by atoms with van der Waals surface area (Å²) >= 11 is 0. The number of hydrogen-bond acceptors (Lipinski definition) is 7. The maximum Gasteiger partial charge on any atom is 0.451 e. The number of pyridine rings is 1. The second kappa shape index (κ2) is 11.3. The fourth-order valence-corrected chi connectivity index (χ4v) is 1.66. The third-order valence-corrected chi connectivity index (χ3v) is 2.68. The van der Waals surface area contributed by atoms with E-state index in [0.717, 1.165) is 6.42 Å². The van der Waals surface area contributed by atoms with Gasteiger partial charge in [-0.25, -0.2) is 0 Å². The Bertz CT molecular complexity index is 385. The number of carbonyl (C=O) groups excluding carboxylic acids is 2. The molecule has 5 N–H and O–H groups in total. The van der Waals surface area contributed by atoms with Crippen LogP contribution in [0.15, 0.2) is 24.5 Å². The fraction of sp³-hybridized carbons (Fsp3) is 0.500. The van der Waals surface area contributed by atoms with Crippen LogP contribution in [0, 0.1) is 0 Å². The quantitative estimate of drug-likeness (QED) is 0.391. The normalized spacial score (nSPS) is 12.6. The molecular formula is C12H19BN2O5. The van der Waals surface area contributed by atoms with Gasteiger partial charge in [-0.2, -0.15) is 9.59 Å². The SMILES string of the molecule is NC(CCCCB(O)O)C(O)c1cccnc1.O=C=O. The van der Waals surface area contributed by atoms with Crippen molar-refractivity contribution >= 4 is 13.3 Å². The molecule has 8 heteroatoms. The van der Waals surface area contributed by atoms with Crippen molar-refractivity contribution in [3.63, 3.8) is 0 Å². The number of aliphatic hydroxyl groups is 1. The van der Waals surface area contributed by atoms with Crippen molar-refractivity contribution in [3.8, 4) is 0 Å². The Balaban J connectivity index is 0.00000110. The summed E-state index contributed by atoms with van der Waals surface area (Å²) in [4.78, 5) is 20.2. The summed E-state index contributed by atoms with van der Waals surface area (Å²) in [5.41, 5.74) is 6.57. The molecule has 1 heterocycles. The van der Waals surface area contributed by atoms with Crippen molar-refractivity contribution in [2.24, 2.45) is 5.73 Å². The number of rotatable bonds is 7. The van der Waals surface area contributed by atoms with Crippen molar-refractivity contribution in [1.82, 2.24) is 4.98 Å². The predicted octanol–water partition coefficient (Wildman–Crippen LogP) is -0.498. The molecule has 0 aromatic carbocycles. The summed E-state index contributed by atoms with van der Waals surface area (Å²) in [6, 6.07) is 3.19. The van der Waals surface area contributed by atoms with E-state index in [4.69, 9.17) is 25.4 Å². The minimum absolute atomic E-state index is 0.250. The van der Waals surface area contributed by atoms with E-state index in [9.17, 15) is 5.11 Å². The Hall–Kier alpha value is -1.57. The van der Waals surface area contributed by atoms with Gasteiger partial charge < -0.3 is 20.9 Å². The van der Waals surface area contributed by atoms with Crippen LogP contribution in [0.25, 0.3) is 0 Å². The number of aliphatic hydroxyl groups excluding tert-OH is 1. The molecular weight excluding hydrogens is 263 g/mol. The molecule has 0 fully saturated rings. The van der Waals surface area contributed by atoms with Gasteiger partial charge in [0.25, 0.3) is 0 Å². The molecule has 2 atom stereocenters. The molecule has 0 bridgehead atoms. The van der Waals surface area contributed by atoms with Crippen molar-refractivity contribution in [3.05, 3.63) is 30.1 Å². The second-order valence-corrected chi connectivity index (χ2v) is 4.24. The summed E-state index contributed by atoms with van der Waals surface area (Å²) < 4.78 is 0. The van der Waals surface area contributed by atoms with Crippen molar-refractivity contribution in [2.45, 2.75) is 37.7 Å². The molecule has 0 aliphatic rings. The Kier molecular flexibility index (Phi) is 10.4. The first-order valence-electron chi connectivity index (χ1n) is 6.22. The second-order valence-electron chi connectivity index (χ2n) is 4.24. The Morgan fingerprint density at radius 2 is 2.00 bits per heavy atom. The van der Waals surface area contributed by atoms with E-state index in [1.54, 1.807) is 24.5 Å². The molecule has 1 aromatic heterocycles. The summed E-state index contributed by atoms with van der Waals surface area (Å²) in [5, 5.41) is 27.3. The zero-order chi connectivity index (χ0) is 15.4. The highest BCUT2D eigenvalue weighted by Gasteiger charge is 2.16. The highest BCUT2D eigenvalue weighted by molar-refractivity contribution is 6.40. The first-order valence-corrected chi connectivity index (χ1v) is 6.22. The van der Waals surface area contributed by atoms with E-state index < -0.39 is 13.2 Å². The van der Waals surface area contributed by atoms with E-state index in [0.29, 0.717) is 24.7 Å². The number of unbranched alkanes of at least 4 members (excludes halogenated alkanes) is 1. The molecule has 0 aliphatic carbocycles. The van der Waals surface area contributed by atoms with Crippen LogP contribution < -0.4 is 5.73 Å². The van der Waals surface area contributed by atoms with E-state index >= 15 is 0 Å². The van der Waals surface area contributed by atoms with Gasteiger partial charge in [0.05, 0.1) is 6.10 Å². The molecule has 0 saturated carbocycles. The summed E-state index contributed by atoms with van der Waals surface area (Å²) in [7, 11) is -1.26. The third-order valence-electron chi connectivity index (χ3n) is 2.68. The summed E-state index contributed by atoms with van der Waals surface area (Å²) in [5.74, 6) is 0. The largest absolute Gasteiger partial charge is 0.451 e. The minimum Gasteiger partial charge on any atom is -0.427 e. The maximum absolute atomic E-state index is 9.93. The summed E-state index contributed by atoms with van der Waals surface area (Å²) in [6.07, 6.45) is 5.20. The first kappa shape index (κ1) is 18.4. The van der Waals surface area contributed by atoms with Crippen LogP contribution >= 0.6 is 0 Å². The van der Waals surface area contributed by atoms with Crippen LogP contribution in [0.3, 0.4) is 0 Å². The Morgan fingerprint density at radius 1 is 1.35 bits per heavy atom. The molecule has 2 unspecified atom stereocenters. The zero-order valence-electron chi connectivity index (χ0n) is 11.1. The molecule has 7 nitrogen and oxygen atoms in total. The van der Waals surface area contributed by atoms with Crippen LogP contribution in [-0.4, -0.2) is 39.5 Å². The van der Waals surface area contributed by atoms with Crippen LogP contribution in [0.1, 0.15) is 30.9 Å². The molecule has 0 amide bonds. The topological polar surface area (TPSA) is 134 Å². The molecule has 0 saturated heterocycles. The number of aromatic nitrogens is 1. The van der Waals surface area contributed by atoms with Gasteiger partial charge in [0, 0.05) is 24.0 Å². The van der Waals surface area contributed by atoms with Crippen molar-refractivity contribution < 1.29 is 24.7 Å². The number of hydrogen-bond donors (Lipinski definition) is 4. The standard InChI is InChI=1S/C11H19BN2O3.CO2/c13-10(5-1-2-6-12(16)17)11(15)9-4-3-7-14-8-9;2-1-3/h3-4,7-8,10-11,15-17H,1-2,5-6,13H2;. The van der Waals surface area contributed by atoms with Gasteiger partial charge in [-0.1, -0.05) is 18.9 Å². The van der Waals surface area contributed by atoms with Gasteiger partial charge in [-0.3, -0.25) is 4.98 Å². The summed E-state index contributed by atoms with van der Waals surface area (Å²) in [6.45, 7) is 0. The smallest absolute Gasteiger partial charge is 0.427 e. The third kappa shape index (κ3) is 8.52. The predicted molar refractivity (Wildman–Crippen MR) is 71.0 cm³/mol. The van der Waals surface area contributed by atoms with Gasteiger partial charge in [-0.05, 0) is 18.8 Å². The average Bonchev–Trinajstić information content (AvgIpc) is 2.44. The van der Waals surface area contributed by atoms with Gasteiger partial charge >= 0.3 is 13.3 Å². The van der Waals surface area contributed by atoms with Crippen molar-refractivity contribution in [1.29, 1.82) is 0 Å². The molecule has 20 heavy (non-hydrogen) atoms. The zero-order valence-corrected chi connectivity index (χ0v) is 11.1. The van der Waals surface area contributed by atoms with Gasteiger partial charge in [0.2, 0.25) is 0 Å². The van der Waals surface area contributed by atoms with Crippen LogP contribution in [0.2, 0.25) is 6.32 Å². The fourth-order valence-electron chi connectivity index (χ4n) is 1.66. The Morgan fingerprint density at radius 3 is 2.50 bits per heavy atom. The van der Waals surface area contributed by atoms with Gasteiger partial charge in [0.1, 0.15) is 0 Å². The minimum atomic E-state index is -1.26. The van der Waals surface area contributed by atoms with E-state index in [1.807, 2.05) is 0 Å². The maximum atomic E-state index is 9.93.